The van der Waals surface area contributed by atoms with Gasteiger partial charge >= 0.3 is 0 Å². The van der Waals surface area contributed by atoms with Crippen molar-refractivity contribution in [2.75, 3.05) is 0 Å². The van der Waals surface area contributed by atoms with Crippen LogP contribution >= 0.6 is 0 Å². The van der Waals surface area contributed by atoms with Crippen molar-refractivity contribution in [2.45, 2.75) is 12.8 Å². The molecule has 1 heteroatoms. The molecule has 0 spiro atoms. The first-order chi connectivity index (χ1) is 10.8. The SMILES string of the molecule is O=C(C1=Cc2ccccc2CC1)c1ccc2ccccc2c1. The largest absolute Gasteiger partial charge is 0.289 e. The molecule has 0 aromatic heterocycles. The summed E-state index contributed by atoms with van der Waals surface area (Å²) in [5, 5.41) is 2.28. The topological polar surface area (TPSA) is 17.1 Å². The second-order valence-electron chi connectivity index (χ2n) is 5.76. The van der Waals surface area contributed by atoms with Gasteiger partial charge in [0.05, 0.1) is 0 Å². The quantitative estimate of drug-likeness (QED) is 0.602. The van der Waals surface area contributed by atoms with Gasteiger partial charge in [0.1, 0.15) is 0 Å². The third-order valence-corrected chi connectivity index (χ3v) is 4.35. The molecule has 106 valence electrons. The van der Waals surface area contributed by atoms with Gasteiger partial charge in [-0.2, -0.15) is 0 Å². The Morgan fingerprint density at radius 1 is 0.773 bits per heavy atom. The molecule has 0 amide bonds. The second-order valence-corrected chi connectivity index (χ2v) is 5.76. The van der Waals surface area contributed by atoms with Gasteiger partial charge in [0.2, 0.25) is 0 Å². The van der Waals surface area contributed by atoms with E-state index in [1.54, 1.807) is 0 Å². The van der Waals surface area contributed by atoms with E-state index in [0.717, 1.165) is 29.4 Å². The van der Waals surface area contributed by atoms with Crippen molar-refractivity contribution in [3.8, 4) is 0 Å². The van der Waals surface area contributed by atoms with Crippen LogP contribution in [0.1, 0.15) is 27.9 Å². The standard InChI is InChI=1S/C21H16O/c22-21(19-11-9-15-5-1-3-7-17(15)13-19)20-12-10-16-6-2-4-8-18(16)14-20/h1-9,11,13-14H,10,12H2. The van der Waals surface area contributed by atoms with Crippen LogP contribution in [-0.2, 0) is 6.42 Å². The van der Waals surface area contributed by atoms with Crippen LogP contribution in [0.5, 0.6) is 0 Å². The molecule has 0 unspecified atom stereocenters. The molecule has 4 rings (SSSR count). The minimum atomic E-state index is 0.153. The highest BCUT2D eigenvalue weighted by Gasteiger charge is 2.17. The normalized spacial score (nSPS) is 13.5. The lowest BCUT2D eigenvalue weighted by Gasteiger charge is -2.15. The number of ketones is 1. The Morgan fingerprint density at radius 3 is 2.45 bits per heavy atom. The van der Waals surface area contributed by atoms with Crippen LogP contribution in [0.2, 0.25) is 0 Å². The van der Waals surface area contributed by atoms with E-state index >= 15 is 0 Å². The van der Waals surface area contributed by atoms with E-state index in [-0.39, 0.29) is 5.78 Å². The molecule has 1 aliphatic rings. The van der Waals surface area contributed by atoms with Crippen molar-refractivity contribution in [1.29, 1.82) is 0 Å². The van der Waals surface area contributed by atoms with E-state index < -0.39 is 0 Å². The minimum Gasteiger partial charge on any atom is -0.289 e. The molecule has 0 saturated heterocycles. The lowest BCUT2D eigenvalue weighted by Crippen LogP contribution is -2.08. The first-order valence-corrected chi connectivity index (χ1v) is 7.63. The molecule has 22 heavy (non-hydrogen) atoms. The third kappa shape index (κ3) is 2.25. The maximum absolute atomic E-state index is 12.8. The van der Waals surface area contributed by atoms with Gasteiger partial charge < -0.3 is 0 Å². The summed E-state index contributed by atoms with van der Waals surface area (Å²) in [5.74, 6) is 0.153. The number of hydrogen-bond acceptors (Lipinski definition) is 1. The Hall–Kier alpha value is -2.67. The molecule has 0 saturated carbocycles. The Kier molecular flexibility index (Phi) is 3.12. The highest BCUT2D eigenvalue weighted by atomic mass is 16.1. The van der Waals surface area contributed by atoms with Crippen molar-refractivity contribution < 1.29 is 4.79 Å². The van der Waals surface area contributed by atoms with Gasteiger partial charge in [-0.05, 0) is 46.9 Å². The second kappa shape index (κ2) is 5.27. The van der Waals surface area contributed by atoms with Crippen molar-refractivity contribution in [1.82, 2.24) is 0 Å². The summed E-state index contributed by atoms with van der Waals surface area (Å²) in [4.78, 5) is 12.8. The van der Waals surface area contributed by atoms with Crippen LogP contribution in [0.15, 0.2) is 72.3 Å². The van der Waals surface area contributed by atoms with Crippen molar-refractivity contribution >= 4 is 22.6 Å². The maximum atomic E-state index is 12.8. The number of benzene rings is 3. The first-order valence-electron chi connectivity index (χ1n) is 7.63. The summed E-state index contributed by atoms with van der Waals surface area (Å²) in [6.45, 7) is 0. The Labute approximate surface area is 129 Å². The van der Waals surface area contributed by atoms with Crippen LogP contribution in [0, 0.1) is 0 Å². The maximum Gasteiger partial charge on any atom is 0.189 e. The summed E-state index contributed by atoms with van der Waals surface area (Å²) >= 11 is 0. The molecule has 1 nitrogen and oxygen atoms in total. The van der Waals surface area contributed by atoms with E-state index in [2.05, 4.69) is 36.4 Å². The number of aryl methyl sites for hydroxylation is 1. The minimum absolute atomic E-state index is 0.153. The summed E-state index contributed by atoms with van der Waals surface area (Å²) in [5.41, 5.74) is 4.20. The number of Topliss-reactive ketones (excluding diaryl/α,β-unsaturated/α-hetero) is 1. The van der Waals surface area contributed by atoms with Crippen LogP contribution in [0.25, 0.3) is 16.8 Å². The molecule has 0 fully saturated rings. The number of carbonyl (C=O) groups excluding carboxylic acids is 1. The summed E-state index contributed by atoms with van der Waals surface area (Å²) in [6, 6.07) is 22.4. The summed E-state index contributed by atoms with van der Waals surface area (Å²) in [6.07, 6.45) is 3.82. The molecule has 3 aromatic carbocycles. The number of rotatable bonds is 2. The number of fused-ring (bicyclic) bond motifs is 2. The highest BCUT2D eigenvalue weighted by Crippen LogP contribution is 2.27. The predicted octanol–water partition coefficient (Wildman–Crippen LogP) is 5.05. The van der Waals surface area contributed by atoms with Crippen LogP contribution in [-0.4, -0.2) is 5.78 Å². The lowest BCUT2D eigenvalue weighted by atomic mass is 9.88. The molecule has 3 aromatic rings. The van der Waals surface area contributed by atoms with Gasteiger partial charge in [0.15, 0.2) is 5.78 Å². The molecule has 0 bridgehead atoms. The first kappa shape index (κ1) is 13.0. The molecule has 0 aliphatic heterocycles. The monoisotopic (exact) mass is 284 g/mol. The average Bonchev–Trinajstić information content (AvgIpc) is 2.60. The van der Waals surface area contributed by atoms with E-state index in [1.807, 2.05) is 36.4 Å². The van der Waals surface area contributed by atoms with Gasteiger partial charge in [-0.1, -0.05) is 60.7 Å². The van der Waals surface area contributed by atoms with E-state index in [9.17, 15) is 4.79 Å². The van der Waals surface area contributed by atoms with Crippen molar-refractivity contribution in [3.63, 3.8) is 0 Å². The molecule has 1 aliphatic carbocycles. The molecular formula is C21H16O. The van der Waals surface area contributed by atoms with Crippen LogP contribution in [0.4, 0.5) is 0 Å². The van der Waals surface area contributed by atoms with Gasteiger partial charge in [-0.3, -0.25) is 4.79 Å². The number of allylic oxidation sites excluding steroid dienone is 1. The van der Waals surface area contributed by atoms with Crippen LogP contribution < -0.4 is 0 Å². The zero-order valence-electron chi connectivity index (χ0n) is 12.3. The Morgan fingerprint density at radius 2 is 1.55 bits per heavy atom. The molecule has 0 N–H and O–H groups in total. The third-order valence-electron chi connectivity index (χ3n) is 4.35. The van der Waals surface area contributed by atoms with Crippen molar-refractivity contribution in [2.24, 2.45) is 0 Å². The molecule has 0 heterocycles. The fraction of sp³-hybridized carbons (Fsp3) is 0.0952. The van der Waals surface area contributed by atoms with Crippen LogP contribution in [0.3, 0.4) is 0 Å². The molecular weight excluding hydrogens is 268 g/mol. The zero-order chi connectivity index (χ0) is 14.9. The van der Waals surface area contributed by atoms with E-state index in [1.165, 1.54) is 16.5 Å². The van der Waals surface area contributed by atoms with Gasteiger partial charge in [0, 0.05) is 11.1 Å². The number of carbonyl (C=O) groups is 1. The highest BCUT2D eigenvalue weighted by molar-refractivity contribution is 6.13. The zero-order valence-corrected chi connectivity index (χ0v) is 12.3. The van der Waals surface area contributed by atoms with Gasteiger partial charge in [-0.25, -0.2) is 0 Å². The fourth-order valence-corrected chi connectivity index (χ4v) is 3.13. The van der Waals surface area contributed by atoms with Crippen molar-refractivity contribution in [3.05, 3.63) is 89.0 Å². The lowest BCUT2D eigenvalue weighted by molar-refractivity contribution is 0.103. The summed E-state index contributed by atoms with van der Waals surface area (Å²) in [7, 11) is 0. The Balaban J connectivity index is 1.73. The fourth-order valence-electron chi connectivity index (χ4n) is 3.13. The molecule has 0 atom stereocenters. The number of hydrogen-bond donors (Lipinski definition) is 0. The van der Waals surface area contributed by atoms with Gasteiger partial charge in [-0.15, -0.1) is 0 Å². The van der Waals surface area contributed by atoms with E-state index in [0.29, 0.717) is 0 Å². The molecule has 0 radical (unpaired) electrons. The van der Waals surface area contributed by atoms with E-state index in [4.69, 9.17) is 0 Å². The average molecular weight is 284 g/mol. The van der Waals surface area contributed by atoms with Gasteiger partial charge in [0.25, 0.3) is 0 Å². The smallest absolute Gasteiger partial charge is 0.189 e. The Bertz CT molecular complexity index is 902. The predicted molar refractivity (Wildman–Crippen MR) is 91.0 cm³/mol. The summed E-state index contributed by atoms with van der Waals surface area (Å²) < 4.78 is 0.